The average Bonchev–Trinajstić information content (AvgIpc) is 2.55. The molecule has 0 aliphatic carbocycles. The molecule has 0 radical (unpaired) electrons. The molecule has 0 aromatic heterocycles. The smallest absolute Gasteiger partial charge is 0.229 e. The molecule has 0 fully saturated rings. The SMILES string of the molecule is CCCCN(CCCC)CCCC(O)c1ccc(NS(C)(=O)=O)cc1. The van der Waals surface area contributed by atoms with Crippen molar-refractivity contribution in [1.82, 2.24) is 4.90 Å². The molecule has 2 N–H and O–H groups in total. The van der Waals surface area contributed by atoms with Crippen molar-refractivity contribution in [3.8, 4) is 0 Å². The summed E-state index contributed by atoms with van der Waals surface area (Å²) in [5.41, 5.74) is 1.34. The number of anilines is 1. The molecule has 0 amide bonds. The van der Waals surface area contributed by atoms with Gasteiger partial charge in [0, 0.05) is 5.69 Å². The first-order valence-electron chi connectivity index (χ1n) is 9.34. The predicted octanol–water partition coefficient (Wildman–Crippen LogP) is 3.77. The van der Waals surface area contributed by atoms with Gasteiger partial charge in [0.15, 0.2) is 0 Å². The van der Waals surface area contributed by atoms with Crippen molar-refractivity contribution in [1.29, 1.82) is 0 Å². The summed E-state index contributed by atoms with van der Waals surface area (Å²) in [5, 5.41) is 10.4. The topological polar surface area (TPSA) is 69.6 Å². The molecule has 25 heavy (non-hydrogen) atoms. The van der Waals surface area contributed by atoms with Gasteiger partial charge in [-0.1, -0.05) is 38.8 Å². The number of nitrogens with one attached hydrogen (secondary N) is 1. The summed E-state index contributed by atoms with van der Waals surface area (Å²) in [7, 11) is -3.27. The third-order valence-corrected chi connectivity index (χ3v) is 4.81. The van der Waals surface area contributed by atoms with E-state index in [0.29, 0.717) is 12.1 Å². The lowest BCUT2D eigenvalue weighted by molar-refractivity contribution is 0.154. The lowest BCUT2D eigenvalue weighted by Crippen LogP contribution is -2.27. The zero-order valence-corrected chi connectivity index (χ0v) is 16.7. The van der Waals surface area contributed by atoms with E-state index >= 15 is 0 Å². The minimum Gasteiger partial charge on any atom is -0.388 e. The first-order chi connectivity index (χ1) is 11.9. The van der Waals surface area contributed by atoms with Crippen LogP contribution in [0.1, 0.15) is 64.0 Å². The van der Waals surface area contributed by atoms with Gasteiger partial charge in [-0.3, -0.25) is 4.72 Å². The third-order valence-electron chi connectivity index (χ3n) is 4.21. The second-order valence-electron chi connectivity index (χ2n) is 6.70. The van der Waals surface area contributed by atoms with Crippen molar-refractivity contribution in [3.05, 3.63) is 29.8 Å². The maximum absolute atomic E-state index is 11.2. The monoisotopic (exact) mass is 370 g/mol. The number of aliphatic hydroxyl groups excluding tert-OH is 1. The van der Waals surface area contributed by atoms with E-state index in [9.17, 15) is 13.5 Å². The fourth-order valence-electron chi connectivity index (χ4n) is 2.76. The molecule has 0 saturated heterocycles. The van der Waals surface area contributed by atoms with E-state index in [1.807, 2.05) is 0 Å². The summed E-state index contributed by atoms with van der Waals surface area (Å²) < 4.78 is 24.8. The van der Waals surface area contributed by atoms with E-state index in [0.717, 1.165) is 37.9 Å². The van der Waals surface area contributed by atoms with E-state index in [1.165, 1.54) is 25.7 Å². The van der Waals surface area contributed by atoms with Crippen molar-refractivity contribution in [2.75, 3.05) is 30.6 Å². The summed E-state index contributed by atoms with van der Waals surface area (Å²) in [6.07, 6.45) is 7.15. The van der Waals surface area contributed by atoms with Gasteiger partial charge in [-0.05, 0) is 63.0 Å². The summed E-state index contributed by atoms with van der Waals surface area (Å²) in [6, 6.07) is 6.94. The van der Waals surface area contributed by atoms with Crippen molar-refractivity contribution >= 4 is 15.7 Å². The fourth-order valence-corrected chi connectivity index (χ4v) is 3.33. The molecule has 0 spiro atoms. The van der Waals surface area contributed by atoms with E-state index in [2.05, 4.69) is 23.5 Å². The standard InChI is InChI=1S/C19H34N2O3S/c1-4-6-14-21(15-7-5-2)16-8-9-19(22)17-10-12-18(13-11-17)20-25(3,23)24/h10-13,19-20,22H,4-9,14-16H2,1-3H3. The zero-order valence-electron chi connectivity index (χ0n) is 15.9. The summed E-state index contributed by atoms with van der Waals surface area (Å²) >= 11 is 0. The number of sulfonamides is 1. The van der Waals surface area contributed by atoms with Gasteiger partial charge < -0.3 is 10.0 Å². The predicted molar refractivity (Wildman–Crippen MR) is 105 cm³/mol. The molecule has 1 unspecified atom stereocenters. The lowest BCUT2D eigenvalue weighted by atomic mass is 10.0. The van der Waals surface area contributed by atoms with Crippen LogP contribution in [0.5, 0.6) is 0 Å². The summed E-state index contributed by atoms with van der Waals surface area (Å²) in [5.74, 6) is 0. The zero-order chi connectivity index (χ0) is 18.7. The number of rotatable bonds is 13. The van der Waals surface area contributed by atoms with Crippen LogP contribution in [0.4, 0.5) is 5.69 Å². The number of benzene rings is 1. The average molecular weight is 371 g/mol. The van der Waals surface area contributed by atoms with Crippen LogP contribution in [-0.4, -0.2) is 44.3 Å². The number of unbranched alkanes of at least 4 members (excludes halogenated alkanes) is 2. The highest BCUT2D eigenvalue weighted by atomic mass is 32.2. The Morgan fingerprint density at radius 1 is 1.00 bits per heavy atom. The second-order valence-corrected chi connectivity index (χ2v) is 8.45. The normalized spacial score (nSPS) is 13.2. The maximum Gasteiger partial charge on any atom is 0.229 e. The first-order valence-corrected chi connectivity index (χ1v) is 11.2. The highest BCUT2D eigenvalue weighted by molar-refractivity contribution is 7.92. The van der Waals surface area contributed by atoms with Gasteiger partial charge in [-0.15, -0.1) is 0 Å². The van der Waals surface area contributed by atoms with Crippen LogP contribution < -0.4 is 4.72 Å². The largest absolute Gasteiger partial charge is 0.388 e. The molecule has 0 bridgehead atoms. The lowest BCUT2D eigenvalue weighted by Gasteiger charge is -2.22. The number of hydrogen-bond donors (Lipinski definition) is 2. The second kappa shape index (κ2) is 11.5. The van der Waals surface area contributed by atoms with Crippen molar-refractivity contribution in [3.63, 3.8) is 0 Å². The Morgan fingerprint density at radius 2 is 1.52 bits per heavy atom. The molecule has 0 heterocycles. The molecule has 1 atom stereocenters. The molecule has 0 aliphatic rings. The Bertz CT molecular complexity index is 565. The third kappa shape index (κ3) is 9.82. The summed E-state index contributed by atoms with van der Waals surface area (Å²) in [4.78, 5) is 2.50. The van der Waals surface area contributed by atoms with Gasteiger partial charge in [0.05, 0.1) is 12.4 Å². The molecule has 6 heteroatoms. The van der Waals surface area contributed by atoms with Gasteiger partial charge >= 0.3 is 0 Å². The maximum atomic E-state index is 11.2. The van der Waals surface area contributed by atoms with Crippen molar-refractivity contribution < 1.29 is 13.5 Å². The molecule has 144 valence electrons. The van der Waals surface area contributed by atoms with Crippen molar-refractivity contribution in [2.45, 2.75) is 58.5 Å². The molecular weight excluding hydrogens is 336 g/mol. The van der Waals surface area contributed by atoms with Crippen LogP contribution in [0.3, 0.4) is 0 Å². The minimum absolute atomic E-state index is 0.508. The Kier molecular flexibility index (Phi) is 10.1. The van der Waals surface area contributed by atoms with E-state index < -0.39 is 16.1 Å². The number of hydrogen-bond acceptors (Lipinski definition) is 4. The minimum atomic E-state index is -3.27. The summed E-state index contributed by atoms with van der Waals surface area (Å²) in [6.45, 7) is 7.72. The van der Waals surface area contributed by atoms with E-state index in [1.54, 1.807) is 24.3 Å². The van der Waals surface area contributed by atoms with Gasteiger partial charge in [0.1, 0.15) is 0 Å². The van der Waals surface area contributed by atoms with Crippen LogP contribution >= 0.6 is 0 Å². The Hall–Kier alpha value is -1.11. The molecule has 1 aromatic carbocycles. The van der Waals surface area contributed by atoms with Gasteiger partial charge in [0.25, 0.3) is 0 Å². The van der Waals surface area contributed by atoms with Crippen LogP contribution in [0, 0.1) is 0 Å². The molecule has 5 nitrogen and oxygen atoms in total. The van der Waals surface area contributed by atoms with Gasteiger partial charge in [-0.2, -0.15) is 0 Å². The van der Waals surface area contributed by atoms with E-state index in [4.69, 9.17) is 0 Å². The van der Waals surface area contributed by atoms with Crippen LogP contribution in [0.2, 0.25) is 0 Å². The van der Waals surface area contributed by atoms with Gasteiger partial charge in [-0.25, -0.2) is 8.42 Å². The number of aliphatic hydroxyl groups is 1. The Morgan fingerprint density at radius 3 is 2.00 bits per heavy atom. The molecule has 0 aliphatic heterocycles. The Labute approximate surface area is 153 Å². The highest BCUT2D eigenvalue weighted by Gasteiger charge is 2.10. The first kappa shape index (κ1) is 21.9. The quantitative estimate of drug-likeness (QED) is 0.554. The Balaban J connectivity index is 2.45. The fraction of sp³-hybridized carbons (Fsp3) is 0.684. The molecular formula is C19H34N2O3S. The number of nitrogens with zero attached hydrogens (tertiary/aromatic N) is 1. The van der Waals surface area contributed by atoms with E-state index in [-0.39, 0.29) is 0 Å². The molecule has 1 rings (SSSR count). The molecule has 1 aromatic rings. The van der Waals surface area contributed by atoms with Crippen molar-refractivity contribution in [2.24, 2.45) is 0 Å². The van der Waals surface area contributed by atoms with Gasteiger partial charge in [0.2, 0.25) is 10.0 Å². The van der Waals surface area contributed by atoms with Crippen LogP contribution in [-0.2, 0) is 10.0 Å². The molecule has 0 saturated carbocycles. The van der Waals surface area contributed by atoms with Crippen LogP contribution in [0.15, 0.2) is 24.3 Å². The van der Waals surface area contributed by atoms with Crippen LogP contribution in [0.25, 0.3) is 0 Å². The highest BCUT2D eigenvalue weighted by Crippen LogP contribution is 2.21.